The highest BCUT2D eigenvalue weighted by molar-refractivity contribution is 6.17. The first-order valence-corrected chi connectivity index (χ1v) is 14.5. The first-order valence-electron chi connectivity index (χ1n) is 14.5. The summed E-state index contributed by atoms with van der Waals surface area (Å²) in [5.74, 6) is 1.39. The van der Waals surface area contributed by atoms with Gasteiger partial charge in [-0.2, -0.15) is 5.10 Å². The summed E-state index contributed by atoms with van der Waals surface area (Å²) in [6.45, 7) is 3.02. The summed E-state index contributed by atoms with van der Waals surface area (Å²) in [4.78, 5) is 26.6. The zero-order valence-electron chi connectivity index (χ0n) is 23.4. The number of nitrogens with zero attached hydrogens (tertiary/aromatic N) is 5. The van der Waals surface area contributed by atoms with Crippen molar-refractivity contribution in [2.45, 2.75) is 31.7 Å². The quantitative estimate of drug-likeness (QED) is 0.264. The van der Waals surface area contributed by atoms with Crippen LogP contribution >= 0.6 is 0 Å². The Balaban J connectivity index is 1.04. The van der Waals surface area contributed by atoms with E-state index in [1.54, 1.807) is 6.20 Å². The summed E-state index contributed by atoms with van der Waals surface area (Å²) in [7, 11) is 0. The number of carbonyl (C=O) groups excluding carboxylic acids is 1. The summed E-state index contributed by atoms with van der Waals surface area (Å²) in [5.41, 5.74) is 9.03. The fourth-order valence-electron chi connectivity index (χ4n) is 5.99. The highest BCUT2D eigenvalue weighted by atomic mass is 16.1. The van der Waals surface area contributed by atoms with Gasteiger partial charge in [0.1, 0.15) is 12.1 Å². The van der Waals surface area contributed by atoms with E-state index in [-0.39, 0.29) is 0 Å². The van der Waals surface area contributed by atoms with Crippen molar-refractivity contribution >= 4 is 23.4 Å². The number of likely N-dealkylation sites (tertiary alicyclic amines) is 1. The minimum absolute atomic E-state index is 0.496. The third-order valence-electron chi connectivity index (χ3n) is 8.31. The Labute approximate surface area is 245 Å². The lowest BCUT2D eigenvalue weighted by Gasteiger charge is -2.32. The van der Waals surface area contributed by atoms with E-state index in [1.165, 1.54) is 11.3 Å². The fourth-order valence-corrected chi connectivity index (χ4v) is 5.99. The Bertz CT molecular complexity index is 1690. The summed E-state index contributed by atoms with van der Waals surface area (Å²) >= 11 is 0. The minimum atomic E-state index is 0.496. The van der Waals surface area contributed by atoms with Crippen LogP contribution in [0.15, 0.2) is 120 Å². The zero-order chi connectivity index (χ0) is 28.3. The average molecular weight is 553 g/mol. The first kappa shape index (κ1) is 26.0. The van der Waals surface area contributed by atoms with E-state index < -0.39 is 0 Å². The van der Waals surface area contributed by atoms with Gasteiger partial charge in [0.15, 0.2) is 0 Å². The number of allylic oxidation sites excluding steroid dienone is 5. The van der Waals surface area contributed by atoms with E-state index >= 15 is 0 Å². The molecule has 3 aliphatic rings. The van der Waals surface area contributed by atoms with E-state index in [0.29, 0.717) is 12.3 Å². The van der Waals surface area contributed by atoms with Crippen LogP contribution in [0, 0.1) is 0 Å². The van der Waals surface area contributed by atoms with Crippen molar-refractivity contribution in [3.63, 3.8) is 0 Å². The molecule has 0 radical (unpaired) electrons. The SMILES string of the molecule is O=CC1=C2C=C(c3ccccc3)N(c3ccc(CN4CCC(c5cnc(-c6cccnc6)[nH]5)CC4)cc3)N=C2C=CC1. The molecular weight excluding hydrogens is 520 g/mol. The monoisotopic (exact) mass is 552 g/mol. The first-order chi connectivity index (χ1) is 20.7. The van der Waals surface area contributed by atoms with Crippen LogP contribution in [0.1, 0.15) is 42.0 Å². The van der Waals surface area contributed by atoms with Crippen LogP contribution in [-0.4, -0.2) is 44.9 Å². The second-order valence-corrected chi connectivity index (χ2v) is 11.0. The summed E-state index contributed by atoms with van der Waals surface area (Å²) in [5, 5.41) is 6.98. The summed E-state index contributed by atoms with van der Waals surface area (Å²) < 4.78 is 0. The van der Waals surface area contributed by atoms with Crippen molar-refractivity contribution in [1.29, 1.82) is 0 Å². The normalized spacial score (nSPS) is 17.6. The Morgan fingerprint density at radius 3 is 2.50 bits per heavy atom. The largest absolute Gasteiger partial charge is 0.342 e. The zero-order valence-corrected chi connectivity index (χ0v) is 23.4. The number of benzene rings is 2. The summed E-state index contributed by atoms with van der Waals surface area (Å²) in [6, 6.07) is 22.9. The van der Waals surface area contributed by atoms with Crippen LogP contribution in [0.4, 0.5) is 5.69 Å². The number of aromatic nitrogens is 3. The number of carbonyl (C=O) groups is 1. The number of piperidine rings is 1. The van der Waals surface area contributed by atoms with E-state index in [1.807, 2.05) is 59.9 Å². The maximum atomic E-state index is 11.8. The Hall–Kier alpha value is -4.88. The molecule has 1 aliphatic carbocycles. The van der Waals surface area contributed by atoms with Gasteiger partial charge in [0.25, 0.3) is 0 Å². The second kappa shape index (κ2) is 11.5. The Morgan fingerprint density at radius 2 is 1.74 bits per heavy atom. The predicted molar refractivity (Wildman–Crippen MR) is 167 cm³/mol. The lowest BCUT2D eigenvalue weighted by atomic mass is 9.93. The van der Waals surface area contributed by atoms with Crippen molar-refractivity contribution < 1.29 is 4.79 Å². The molecule has 0 bridgehead atoms. The van der Waals surface area contributed by atoms with Crippen molar-refractivity contribution in [3.05, 3.63) is 132 Å². The van der Waals surface area contributed by atoms with Gasteiger partial charge in [0.05, 0.1) is 17.1 Å². The van der Waals surface area contributed by atoms with Crippen LogP contribution in [0.25, 0.3) is 17.1 Å². The molecule has 1 saturated heterocycles. The number of fused-ring (bicyclic) bond motifs is 1. The minimum Gasteiger partial charge on any atom is -0.342 e. The van der Waals surface area contributed by atoms with Crippen molar-refractivity contribution in [2.75, 3.05) is 18.1 Å². The highest BCUT2D eigenvalue weighted by Crippen LogP contribution is 2.35. The lowest BCUT2D eigenvalue weighted by molar-refractivity contribution is -0.105. The average Bonchev–Trinajstić information content (AvgIpc) is 3.56. The number of aldehydes is 1. The van der Waals surface area contributed by atoms with Gasteiger partial charge < -0.3 is 4.98 Å². The van der Waals surface area contributed by atoms with Gasteiger partial charge in [0.2, 0.25) is 0 Å². The standard InChI is InChI=1S/C35H32N6O/c42-24-29-8-4-10-32-31(29)20-34(27-6-2-1-3-7-27)41(39-32)30-13-11-25(12-14-30)23-40-18-15-26(16-19-40)33-22-37-35(38-33)28-9-5-17-36-21-28/h1-7,9-14,17,20-22,24,26H,8,15-16,18-19,23H2,(H,37,38). The van der Waals surface area contributed by atoms with Crippen molar-refractivity contribution in [2.24, 2.45) is 5.10 Å². The fraction of sp³-hybridized carbons (Fsp3) is 0.200. The molecule has 1 fully saturated rings. The van der Waals surface area contributed by atoms with Gasteiger partial charge >= 0.3 is 0 Å². The molecule has 4 heterocycles. The molecule has 0 saturated carbocycles. The molecular formula is C35H32N6O. The number of rotatable bonds is 7. The number of nitrogens with one attached hydrogen (secondary N) is 1. The number of H-pyrrole nitrogens is 1. The van der Waals surface area contributed by atoms with Gasteiger partial charge in [-0.1, -0.05) is 48.5 Å². The van der Waals surface area contributed by atoms with Crippen molar-refractivity contribution in [3.8, 4) is 11.4 Å². The van der Waals surface area contributed by atoms with Gasteiger partial charge in [-0.25, -0.2) is 9.99 Å². The molecule has 4 aromatic rings. The van der Waals surface area contributed by atoms with E-state index in [9.17, 15) is 4.79 Å². The van der Waals surface area contributed by atoms with Gasteiger partial charge in [-0.15, -0.1) is 0 Å². The number of anilines is 1. The van der Waals surface area contributed by atoms with Crippen LogP contribution in [0.5, 0.6) is 0 Å². The summed E-state index contributed by atoms with van der Waals surface area (Å²) in [6.07, 6.45) is 15.5. The second-order valence-electron chi connectivity index (χ2n) is 11.0. The van der Waals surface area contributed by atoms with E-state index in [2.05, 4.69) is 62.3 Å². The maximum absolute atomic E-state index is 11.8. The molecule has 2 aromatic carbocycles. The molecule has 7 nitrogen and oxygen atoms in total. The molecule has 7 heteroatoms. The Kier molecular flexibility index (Phi) is 7.16. The lowest BCUT2D eigenvalue weighted by Crippen LogP contribution is -2.32. The van der Waals surface area contributed by atoms with Gasteiger partial charge in [0, 0.05) is 59.0 Å². The highest BCUT2D eigenvalue weighted by Gasteiger charge is 2.25. The number of aromatic amines is 1. The third-order valence-corrected chi connectivity index (χ3v) is 8.31. The molecule has 42 heavy (non-hydrogen) atoms. The van der Waals surface area contributed by atoms with E-state index in [4.69, 9.17) is 5.10 Å². The van der Waals surface area contributed by atoms with Crippen LogP contribution in [0.3, 0.4) is 0 Å². The number of hydrogen-bond donors (Lipinski definition) is 1. The number of hydrogen-bond acceptors (Lipinski definition) is 6. The van der Waals surface area contributed by atoms with Crippen molar-refractivity contribution in [1.82, 2.24) is 19.9 Å². The third kappa shape index (κ3) is 5.27. The van der Waals surface area contributed by atoms with Gasteiger partial charge in [-0.05, 0) is 74.3 Å². The molecule has 2 aliphatic heterocycles. The smallest absolute Gasteiger partial charge is 0.147 e. The predicted octanol–water partition coefficient (Wildman–Crippen LogP) is 6.52. The molecule has 0 unspecified atom stereocenters. The van der Waals surface area contributed by atoms with Crippen LogP contribution in [-0.2, 0) is 11.3 Å². The topological polar surface area (TPSA) is 77.5 Å². The maximum Gasteiger partial charge on any atom is 0.147 e. The Morgan fingerprint density at radius 1 is 0.929 bits per heavy atom. The number of pyridine rings is 1. The molecule has 1 N–H and O–H groups in total. The number of imidazole rings is 1. The number of hydrazone groups is 1. The molecule has 208 valence electrons. The van der Waals surface area contributed by atoms with E-state index in [0.717, 1.165) is 84.0 Å². The molecule has 0 atom stereocenters. The van der Waals surface area contributed by atoms with Crippen LogP contribution < -0.4 is 5.01 Å². The van der Waals surface area contributed by atoms with Crippen LogP contribution in [0.2, 0.25) is 0 Å². The molecule has 0 amide bonds. The van der Waals surface area contributed by atoms with Gasteiger partial charge in [-0.3, -0.25) is 14.7 Å². The molecule has 7 rings (SSSR count). The molecule has 2 aromatic heterocycles. The molecule has 0 spiro atoms.